The van der Waals surface area contributed by atoms with Crippen LogP contribution in [0.2, 0.25) is 0 Å². The van der Waals surface area contributed by atoms with Gasteiger partial charge in [-0.05, 0) is 37.2 Å². The molecule has 0 radical (unpaired) electrons. The zero-order valence-corrected chi connectivity index (χ0v) is 13.3. The van der Waals surface area contributed by atoms with Crippen molar-refractivity contribution in [2.75, 3.05) is 39.1 Å². The first-order chi connectivity index (χ1) is 9.85. The van der Waals surface area contributed by atoms with Gasteiger partial charge in [0.1, 0.15) is 5.75 Å². The number of rotatable bonds is 6. The number of hydrogen-bond donors (Lipinski definition) is 2. The molecule has 0 saturated heterocycles. The van der Waals surface area contributed by atoms with Gasteiger partial charge in [0.25, 0.3) is 5.91 Å². The van der Waals surface area contributed by atoms with E-state index in [0.29, 0.717) is 0 Å². The first kappa shape index (κ1) is 15.8. The number of hydrogen-bond acceptors (Lipinski definition) is 4. The minimum atomic E-state index is -0.0975. The molecular formula is C16H25N3O2. The van der Waals surface area contributed by atoms with Crippen LogP contribution in [-0.2, 0) is 11.3 Å². The van der Waals surface area contributed by atoms with Crippen LogP contribution in [0, 0.1) is 5.41 Å². The van der Waals surface area contributed by atoms with E-state index in [-0.39, 0.29) is 17.9 Å². The standard InChI is InChI=1S/C16H25N3O2/c1-16(2,11-19(3)4)10-17-8-12-5-6-14-13(7-12)18-15(20)9-21-14/h5-7,17H,8-11H2,1-4H3,(H,18,20). The minimum absolute atomic E-state index is 0.0975. The number of amides is 1. The molecule has 116 valence electrons. The van der Waals surface area contributed by atoms with Gasteiger partial charge in [-0.15, -0.1) is 0 Å². The van der Waals surface area contributed by atoms with Crippen LogP contribution in [0.1, 0.15) is 19.4 Å². The highest BCUT2D eigenvalue weighted by atomic mass is 16.5. The molecule has 1 aliphatic rings. The number of ether oxygens (including phenoxy) is 1. The minimum Gasteiger partial charge on any atom is -0.482 e. The second-order valence-corrected chi connectivity index (χ2v) is 6.67. The summed E-state index contributed by atoms with van der Waals surface area (Å²) in [5, 5.41) is 6.32. The molecule has 0 bridgehead atoms. The number of carbonyl (C=O) groups excluding carboxylic acids is 1. The van der Waals surface area contributed by atoms with E-state index < -0.39 is 0 Å². The molecule has 0 aliphatic carbocycles. The summed E-state index contributed by atoms with van der Waals surface area (Å²) in [6.07, 6.45) is 0. The Kier molecular flexibility index (Phi) is 4.85. The Morgan fingerprint density at radius 1 is 1.38 bits per heavy atom. The van der Waals surface area contributed by atoms with Crippen molar-refractivity contribution in [3.05, 3.63) is 23.8 Å². The van der Waals surface area contributed by atoms with Gasteiger partial charge in [-0.1, -0.05) is 19.9 Å². The maximum absolute atomic E-state index is 11.3. The molecular weight excluding hydrogens is 266 g/mol. The molecule has 0 saturated carbocycles. The molecule has 5 heteroatoms. The van der Waals surface area contributed by atoms with E-state index in [0.717, 1.165) is 36.6 Å². The highest BCUT2D eigenvalue weighted by Gasteiger charge is 2.19. The maximum atomic E-state index is 11.3. The van der Waals surface area contributed by atoms with Crippen LogP contribution in [0.4, 0.5) is 5.69 Å². The van der Waals surface area contributed by atoms with Crippen LogP contribution in [0.25, 0.3) is 0 Å². The lowest BCUT2D eigenvalue weighted by molar-refractivity contribution is -0.118. The molecule has 2 N–H and O–H groups in total. The topological polar surface area (TPSA) is 53.6 Å². The average Bonchev–Trinajstić information content (AvgIpc) is 2.36. The summed E-state index contributed by atoms with van der Waals surface area (Å²) in [7, 11) is 4.18. The van der Waals surface area contributed by atoms with Gasteiger partial charge < -0.3 is 20.3 Å². The average molecular weight is 291 g/mol. The molecule has 21 heavy (non-hydrogen) atoms. The molecule has 5 nitrogen and oxygen atoms in total. The van der Waals surface area contributed by atoms with Crippen molar-refractivity contribution in [2.24, 2.45) is 5.41 Å². The van der Waals surface area contributed by atoms with Gasteiger partial charge in [-0.25, -0.2) is 0 Å². The summed E-state index contributed by atoms with van der Waals surface area (Å²) in [4.78, 5) is 13.5. The van der Waals surface area contributed by atoms with Crippen LogP contribution < -0.4 is 15.4 Å². The van der Waals surface area contributed by atoms with Gasteiger partial charge in [0.15, 0.2) is 6.61 Å². The van der Waals surface area contributed by atoms with Gasteiger partial charge in [-0.3, -0.25) is 4.79 Å². The number of fused-ring (bicyclic) bond motifs is 1. The lowest BCUT2D eigenvalue weighted by Gasteiger charge is -2.28. The van der Waals surface area contributed by atoms with Crippen LogP contribution in [0.5, 0.6) is 5.75 Å². The van der Waals surface area contributed by atoms with Crippen molar-refractivity contribution in [3.8, 4) is 5.75 Å². The Morgan fingerprint density at radius 3 is 2.86 bits per heavy atom. The van der Waals surface area contributed by atoms with Crippen molar-refractivity contribution in [1.29, 1.82) is 0 Å². The molecule has 1 aliphatic heterocycles. The van der Waals surface area contributed by atoms with Crippen molar-refractivity contribution in [2.45, 2.75) is 20.4 Å². The third kappa shape index (κ3) is 4.72. The fraction of sp³-hybridized carbons (Fsp3) is 0.562. The second kappa shape index (κ2) is 6.45. The highest BCUT2D eigenvalue weighted by molar-refractivity contribution is 5.95. The molecule has 1 heterocycles. The Bertz CT molecular complexity index is 512. The molecule has 0 spiro atoms. The van der Waals surface area contributed by atoms with Crippen LogP contribution in [0.15, 0.2) is 18.2 Å². The summed E-state index contributed by atoms with van der Waals surface area (Å²) in [6, 6.07) is 5.91. The first-order valence-electron chi connectivity index (χ1n) is 7.27. The third-order valence-corrected chi connectivity index (χ3v) is 3.35. The molecule has 1 aromatic carbocycles. The second-order valence-electron chi connectivity index (χ2n) is 6.67. The first-order valence-corrected chi connectivity index (χ1v) is 7.27. The number of anilines is 1. The van der Waals surface area contributed by atoms with Crippen molar-refractivity contribution in [1.82, 2.24) is 10.2 Å². The van der Waals surface area contributed by atoms with E-state index in [1.54, 1.807) is 0 Å². The zero-order chi connectivity index (χ0) is 15.5. The molecule has 2 rings (SSSR count). The van der Waals surface area contributed by atoms with Crippen LogP contribution in [-0.4, -0.2) is 44.6 Å². The molecule has 0 fully saturated rings. The van der Waals surface area contributed by atoms with E-state index in [1.165, 1.54) is 0 Å². The Balaban J connectivity index is 1.89. The Morgan fingerprint density at radius 2 is 2.14 bits per heavy atom. The molecule has 0 atom stereocenters. The largest absolute Gasteiger partial charge is 0.482 e. The van der Waals surface area contributed by atoms with Gasteiger partial charge in [-0.2, -0.15) is 0 Å². The maximum Gasteiger partial charge on any atom is 0.262 e. The van der Waals surface area contributed by atoms with E-state index in [4.69, 9.17) is 4.74 Å². The number of nitrogens with zero attached hydrogens (tertiary/aromatic N) is 1. The van der Waals surface area contributed by atoms with Crippen molar-refractivity contribution in [3.63, 3.8) is 0 Å². The fourth-order valence-electron chi connectivity index (χ4n) is 2.70. The highest BCUT2D eigenvalue weighted by Crippen LogP contribution is 2.28. The fourth-order valence-corrected chi connectivity index (χ4v) is 2.70. The van der Waals surface area contributed by atoms with Crippen LogP contribution in [0.3, 0.4) is 0 Å². The molecule has 1 aromatic rings. The summed E-state index contributed by atoms with van der Waals surface area (Å²) in [5.74, 6) is 0.644. The van der Waals surface area contributed by atoms with E-state index >= 15 is 0 Å². The van der Waals surface area contributed by atoms with E-state index in [1.807, 2.05) is 18.2 Å². The molecule has 0 unspecified atom stereocenters. The summed E-state index contributed by atoms with van der Waals surface area (Å²) in [5.41, 5.74) is 2.12. The molecule has 0 aromatic heterocycles. The lowest BCUT2D eigenvalue weighted by atomic mass is 9.93. The van der Waals surface area contributed by atoms with E-state index in [9.17, 15) is 4.79 Å². The van der Waals surface area contributed by atoms with Gasteiger partial charge in [0.05, 0.1) is 5.69 Å². The number of benzene rings is 1. The summed E-state index contributed by atoms with van der Waals surface area (Å²) in [6.45, 7) is 7.35. The SMILES string of the molecule is CN(C)CC(C)(C)CNCc1ccc2c(c1)NC(=O)CO2. The quantitative estimate of drug-likeness (QED) is 0.837. The van der Waals surface area contributed by atoms with E-state index in [2.05, 4.69) is 43.5 Å². The normalized spacial score (nSPS) is 14.6. The predicted molar refractivity (Wildman–Crippen MR) is 84.6 cm³/mol. The summed E-state index contributed by atoms with van der Waals surface area (Å²) < 4.78 is 5.36. The third-order valence-electron chi connectivity index (χ3n) is 3.35. The summed E-state index contributed by atoms with van der Waals surface area (Å²) >= 11 is 0. The number of carbonyl (C=O) groups is 1. The Hall–Kier alpha value is -1.59. The van der Waals surface area contributed by atoms with Gasteiger partial charge in [0, 0.05) is 19.6 Å². The van der Waals surface area contributed by atoms with Gasteiger partial charge >= 0.3 is 0 Å². The zero-order valence-electron chi connectivity index (χ0n) is 13.3. The van der Waals surface area contributed by atoms with Gasteiger partial charge in [0.2, 0.25) is 0 Å². The predicted octanol–water partition coefficient (Wildman–Crippen LogP) is 1.69. The monoisotopic (exact) mass is 291 g/mol. The smallest absolute Gasteiger partial charge is 0.262 e. The van der Waals surface area contributed by atoms with Crippen LogP contribution >= 0.6 is 0 Å². The lowest BCUT2D eigenvalue weighted by Crippen LogP contribution is -2.37. The van der Waals surface area contributed by atoms with Crippen molar-refractivity contribution >= 4 is 11.6 Å². The number of nitrogens with one attached hydrogen (secondary N) is 2. The Labute approximate surface area is 126 Å². The van der Waals surface area contributed by atoms with Crippen molar-refractivity contribution < 1.29 is 9.53 Å². The molecule has 1 amide bonds.